The molecule has 2 N–H and O–H groups in total. The van der Waals surface area contributed by atoms with E-state index in [0.29, 0.717) is 5.13 Å². The summed E-state index contributed by atoms with van der Waals surface area (Å²) in [5.74, 6) is 0. The number of nitrogens with zero attached hydrogens (tertiary/aromatic N) is 2. The number of nitrogens with one attached hydrogen (secondary N) is 2. The van der Waals surface area contributed by atoms with Crippen LogP contribution in [0.25, 0.3) is 0 Å². The van der Waals surface area contributed by atoms with Gasteiger partial charge in [0.05, 0.1) is 5.54 Å². The van der Waals surface area contributed by atoms with Gasteiger partial charge in [0.15, 0.2) is 0 Å². The van der Waals surface area contributed by atoms with Crippen molar-refractivity contribution in [3.8, 4) is 0 Å². The van der Waals surface area contributed by atoms with Crippen molar-refractivity contribution in [3.05, 3.63) is 41.4 Å². The molecule has 0 spiro atoms. The number of benzene rings is 1. The molecule has 0 radical (unpaired) electrons. The zero-order valence-corrected chi connectivity index (χ0v) is 11.7. The Labute approximate surface area is 116 Å². The zero-order chi connectivity index (χ0) is 13.7. The maximum atomic E-state index is 12.0. The van der Waals surface area contributed by atoms with E-state index in [2.05, 4.69) is 20.8 Å². The largest absolute Gasteiger partial charge is 0.329 e. The van der Waals surface area contributed by atoms with E-state index < -0.39 is 5.54 Å². The van der Waals surface area contributed by atoms with Crippen molar-refractivity contribution in [2.45, 2.75) is 25.8 Å². The van der Waals surface area contributed by atoms with Crippen LogP contribution in [0.4, 0.5) is 9.93 Å². The number of carbonyl (C=O) groups excluding carboxylic acids is 1. The Hall–Kier alpha value is -1.95. The molecule has 100 valence electrons. The Morgan fingerprint density at radius 2 is 2.11 bits per heavy atom. The van der Waals surface area contributed by atoms with E-state index >= 15 is 0 Å². The Morgan fingerprint density at radius 1 is 1.37 bits per heavy atom. The van der Waals surface area contributed by atoms with Gasteiger partial charge in [-0.05, 0) is 18.9 Å². The summed E-state index contributed by atoms with van der Waals surface area (Å²) >= 11 is 1.29. The van der Waals surface area contributed by atoms with E-state index in [1.165, 1.54) is 11.3 Å². The minimum Gasteiger partial charge on any atom is -0.329 e. The fourth-order valence-electron chi connectivity index (χ4n) is 1.78. The Balaban J connectivity index is 2.08. The first kappa shape index (κ1) is 13.5. The van der Waals surface area contributed by atoms with Crippen LogP contribution in [0.3, 0.4) is 0 Å². The van der Waals surface area contributed by atoms with E-state index in [4.69, 9.17) is 0 Å². The maximum Gasteiger partial charge on any atom is 0.321 e. The summed E-state index contributed by atoms with van der Waals surface area (Å²) in [5.41, 5.74) is 2.24. The van der Waals surface area contributed by atoms with Crippen LogP contribution in [-0.4, -0.2) is 16.2 Å². The summed E-state index contributed by atoms with van der Waals surface area (Å²) in [6.07, 6.45) is 0.792. The predicted octanol–water partition coefficient (Wildman–Crippen LogP) is 2.99. The molecule has 1 atom stereocenters. The maximum absolute atomic E-state index is 12.0. The van der Waals surface area contributed by atoms with Crippen LogP contribution < -0.4 is 10.6 Å². The van der Waals surface area contributed by atoms with Crippen LogP contribution in [0.5, 0.6) is 0 Å². The third kappa shape index (κ3) is 3.29. The van der Waals surface area contributed by atoms with Gasteiger partial charge in [-0.2, -0.15) is 0 Å². The summed E-state index contributed by atoms with van der Waals surface area (Å²) in [6, 6.07) is 9.64. The Kier molecular flexibility index (Phi) is 4.11. The highest BCUT2D eigenvalue weighted by Crippen LogP contribution is 2.24. The van der Waals surface area contributed by atoms with Gasteiger partial charge in [0.1, 0.15) is 5.51 Å². The number of urea groups is 1. The fraction of sp³-hybridized carbons (Fsp3) is 0.308. The second-order valence-corrected chi connectivity index (χ2v) is 5.21. The molecule has 2 aromatic rings. The van der Waals surface area contributed by atoms with E-state index in [0.717, 1.165) is 12.0 Å². The highest BCUT2D eigenvalue weighted by molar-refractivity contribution is 7.13. The first-order valence-corrected chi connectivity index (χ1v) is 6.93. The molecule has 0 aliphatic heterocycles. The van der Waals surface area contributed by atoms with Crippen LogP contribution in [0, 0.1) is 0 Å². The highest BCUT2D eigenvalue weighted by Gasteiger charge is 2.26. The number of aromatic nitrogens is 2. The summed E-state index contributed by atoms with van der Waals surface area (Å²) in [7, 11) is 0. The molecular weight excluding hydrogens is 260 g/mol. The van der Waals surface area contributed by atoms with E-state index in [-0.39, 0.29) is 6.03 Å². The van der Waals surface area contributed by atoms with Gasteiger partial charge in [0, 0.05) is 0 Å². The molecule has 0 unspecified atom stereocenters. The zero-order valence-electron chi connectivity index (χ0n) is 10.9. The predicted molar refractivity (Wildman–Crippen MR) is 76.1 cm³/mol. The number of carbonyl (C=O) groups is 1. The topological polar surface area (TPSA) is 66.9 Å². The van der Waals surface area contributed by atoms with Crippen molar-refractivity contribution in [1.82, 2.24) is 15.5 Å². The van der Waals surface area contributed by atoms with Crippen LogP contribution >= 0.6 is 11.3 Å². The molecule has 6 heteroatoms. The van der Waals surface area contributed by atoms with Crippen molar-refractivity contribution in [2.75, 3.05) is 5.32 Å². The van der Waals surface area contributed by atoms with Gasteiger partial charge >= 0.3 is 6.03 Å². The lowest BCUT2D eigenvalue weighted by Gasteiger charge is -2.30. The standard InChI is InChI=1S/C13H16N4OS/c1-3-13(2,10-7-5-4-6-8-10)16-11(18)15-12-17-14-9-19-12/h4-9H,3H2,1-2H3,(H2,15,16,17,18)/t13-/m1/s1. The van der Waals surface area contributed by atoms with E-state index in [1.54, 1.807) is 5.51 Å². The first-order valence-electron chi connectivity index (χ1n) is 6.05. The molecule has 0 bridgehead atoms. The van der Waals surface area contributed by atoms with E-state index in [9.17, 15) is 4.79 Å². The van der Waals surface area contributed by atoms with E-state index in [1.807, 2.05) is 44.2 Å². The SMILES string of the molecule is CC[C@@](C)(NC(=O)Nc1nncs1)c1ccccc1. The second-order valence-electron chi connectivity index (χ2n) is 4.37. The number of amides is 2. The van der Waals surface area contributed by atoms with Crippen LogP contribution in [0.15, 0.2) is 35.8 Å². The number of hydrogen-bond acceptors (Lipinski definition) is 4. The lowest BCUT2D eigenvalue weighted by molar-refractivity contribution is 0.238. The van der Waals surface area contributed by atoms with Crippen molar-refractivity contribution in [2.24, 2.45) is 0 Å². The van der Waals surface area contributed by atoms with Crippen LogP contribution in [-0.2, 0) is 5.54 Å². The van der Waals surface area contributed by atoms with Crippen LogP contribution in [0.2, 0.25) is 0 Å². The quantitative estimate of drug-likeness (QED) is 0.902. The lowest BCUT2D eigenvalue weighted by atomic mass is 9.89. The molecule has 1 aromatic carbocycles. The third-order valence-corrected chi connectivity index (χ3v) is 3.69. The molecule has 19 heavy (non-hydrogen) atoms. The van der Waals surface area contributed by atoms with Gasteiger partial charge in [-0.3, -0.25) is 5.32 Å². The fourth-order valence-corrected chi connectivity index (χ4v) is 2.22. The second kappa shape index (κ2) is 5.79. The monoisotopic (exact) mass is 276 g/mol. The van der Waals surface area contributed by atoms with Crippen molar-refractivity contribution < 1.29 is 4.79 Å². The molecule has 5 nitrogen and oxygen atoms in total. The first-order chi connectivity index (χ1) is 9.14. The summed E-state index contributed by atoms with van der Waals surface area (Å²) in [6.45, 7) is 4.04. The molecule has 2 amide bonds. The van der Waals surface area contributed by atoms with Gasteiger partial charge in [-0.25, -0.2) is 4.79 Å². The molecule has 0 aliphatic rings. The minimum absolute atomic E-state index is 0.273. The number of anilines is 1. The number of hydrogen-bond donors (Lipinski definition) is 2. The van der Waals surface area contributed by atoms with Crippen molar-refractivity contribution >= 4 is 22.5 Å². The Bertz CT molecular complexity index is 529. The van der Waals surface area contributed by atoms with Crippen LogP contribution in [0.1, 0.15) is 25.8 Å². The molecule has 0 saturated carbocycles. The molecule has 0 fully saturated rings. The molecule has 0 aliphatic carbocycles. The van der Waals surface area contributed by atoms with Gasteiger partial charge in [0.25, 0.3) is 0 Å². The molecule has 1 heterocycles. The van der Waals surface area contributed by atoms with Crippen molar-refractivity contribution in [1.29, 1.82) is 0 Å². The average Bonchev–Trinajstić information content (AvgIpc) is 2.92. The van der Waals surface area contributed by atoms with Gasteiger partial charge < -0.3 is 5.32 Å². The van der Waals surface area contributed by atoms with Gasteiger partial charge in [-0.1, -0.05) is 48.6 Å². The third-order valence-electron chi connectivity index (χ3n) is 3.09. The molecule has 2 rings (SSSR count). The lowest BCUT2D eigenvalue weighted by Crippen LogP contribution is -2.45. The summed E-state index contributed by atoms with van der Waals surface area (Å²) < 4.78 is 0. The highest BCUT2D eigenvalue weighted by atomic mass is 32.1. The number of rotatable bonds is 4. The molecular formula is C13H16N4OS. The average molecular weight is 276 g/mol. The van der Waals surface area contributed by atoms with Gasteiger partial charge in [0.2, 0.25) is 5.13 Å². The Morgan fingerprint density at radius 3 is 2.68 bits per heavy atom. The molecule has 1 aromatic heterocycles. The normalized spacial score (nSPS) is 13.6. The van der Waals surface area contributed by atoms with Crippen molar-refractivity contribution in [3.63, 3.8) is 0 Å². The summed E-state index contributed by atoms with van der Waals surface area (Å²) in [4.78, 5) is 12.0. The van der Waals surface area contributed by atoms with Gasteiger partial charge in [-0.15, -0.1) is 10.2 Å². The smallest absolute Gasteiger partial charge is 0.321 e. The minimum atomic E-state index is -0.407. The molecule has 0 saturated heterocycles. The summed E-state index contributed by atoms with van der Waals surface area (Å²) in [5, 5.41) is 13.6.